The average molecular weight is 250 g/mol. The highest BCUT2D eigenvalue weighted by atomic mass is 16.6. The zero-order valence-corrected chi connectivity index (χ0v) is 9.52. The van der Waals surface area contributed by atoms with Gasteiger partial charge in [0.05, 0.1) is 17.6 Å². The van der Waals surface area contributed by atoms with Crippen molar-refractivity contribution in [1.82, 2.24) is 9.97 Å². The molecule has 0 aliphatic carbocycles. The van der Waals surface area contributed by atoms with Crippen LogP contribution in [0.4, 0.5) is 0 Å². The summed E-state index contributed by atoms with van der Waals surface area (Å²) >= 11 is 0. The van der Waals surface area contributed by atoms with Crippen LogP contribution >= 0.6 is 0 Å². The number of fused-ring (bicyclic) bond motifs is 1. The van der Waals surface area contributed by atoms with Crippen molar-refractivity contribution >= 4 is 11.0 Å². The summed E-state index contributed by atoms with van der Waals surface area (Å²) in [6.07, 6.45) is -3.72. The summed E-state index contributed by atoms with van der Waals surface area (Å²) in [5.74, 6) is 0.457. The second-order valence-electron chi connectivity index (χ2n) is 4.40. The van der Waals surface area contributed by atoms with Crippen LogP contribution in [0.5, 0.6) is 0 Å². The van der Waals surface area contributed by atoms with E-state index in [1.165, 1.54) is 0 Å². The number of aromatic nitrogens is 2. The minimum atomic E-state index is -1.10. The number of ether oxygens (including phenoxy) is 1. The van der Waals surface area contributed by atoms with Gasteiger partial charge in [-0.3, -0.25) is 0 Å². The highest BCUT2D eigenvalue weighted by Gasteiger charge is 2.44. The normalized spacial score (nSPS) is 32.2. The minimum Gasteiger partial charge on any atom is -0.394 e. The Kier molecular flexibility index (Phi) is 2.79. The topological polar surface area (TPSA) is 98.6 Å². The van der Waals surface area contributed by atoms with Crippen LogP contribution in [0.3, 0.4) is 0 Å². The van der Waals surface area contributed by atoms with Crippen LogP contribution in [0.2, 0.25) is 0 Å². The zero-order valence-electron chi connectivity index (χ0n) is 9.52. The van der Waals surface area contributed by atoms with E-state index in [0.717, 1.165) is 11.0 Å². The van der Waals surface area contributed by atoms with Crippen LogP contribution < -0.4 is 0 Å². The first-order valence-corrected chi connectivity index (χ1v) is 5.78. The van der Waals surface area contributed by atoms with E-state index in [1.807, 2.05) is 24.3 Å². The van der Waals surface area contributed by atoms with E-state index >= 15 is 0 Å². The Labute approximate surface area is 103 Å². The number of benzene rings is 1. The largest absolute Gasteiger partial charge is 0.394 e. The van der Waals surface area contributed by atoms with Gasteiger partial charge in [0.25, 0.3) is 0 Å². The SMILES string of the molecule is OC[C@H]1OC(c2nc3ccccc3[nH]2)[C@H](O)[C@@H]1O. The van der Waals surface area contributed by atoms with Gasteiger partial charge in [0, 0.05) is 0 Å². The number of para-hydroxylation sites is 2. The van der Waals surface area contributed by atoms with Crippen molar-refractivity contribution in [3.05, 3.63) is 30.1 Å². The molecule has 0 saturated carbocycles. The monoisotopic (exact) mass is 250 g/mol. The molecule has 3 rings (SSSR count). The number of hydrogen-bond donors (Lipinski definition) is 4. The van der Waals surface area contributed by atoms with E-state index in [4.69, 9.17) is 9.84 Å². The molecule has 18 heavy (non-hydrogen) atoms. The predicted octanol–water partition coefficient (Wildman–Crippen LogP) is -0.283. The van der Waals surface area contributed by atoms with Crippen LogP contribution in [0, 0.1) is 0 Å². The molecule has 4 atom stereocenters. The van der Waals surface area contributed by atoms with Crippen molar-refractivity contribution in [3.8, 4) is 0 Å². The Morgan fingerprint density at radius 1 is 1.22 bits per heavy atom. The molecule has 1 saturated heterocycles. The lowest BCUT2D eigenvalue weighted by Gasteiger charge is -2.11. The highest BCUT2D eigenvalue weighted by Crippen LogP contribution is 2.32. The number of aliphatic hydroxyl groups excluding tert-OH is 3. The molecule has 0 bridgehead atoms. The predicted molar refractivity (Wildman–Crippen MR) is 62.8 cm³/mol. The molecule has 4 N–H and O–H groups in total. The first-order valence-electron chi connectivity index (χ1n) is 5.78. The molecule has 0 amide bonds. The average Bonchev–Trinajstić information content (AvgIpc) is 2.92. The number of nitrogens with one attached hydrogen (secondary N) is 1. The fraction of sp³-hybridized carbons (Fsp3) is 0.417. The van der Waals surface area contributed by atoms with E-state index in [9.17, 15) is 10.2 Å². The number of rotatable bonds is 2. The van der Waals surface area contributed by atoms with Gasteiger partial charge in [0.2, 0.25) is 0 Å². The van der Waals surface area contributed by atoms with Gasteiger partial charge in [0.1, 0.15) is 30.2 Å². The number of imidazole rings is 1. The summed E-state index contributed by atoms with van der Waals surface area (Å²) in [5, 5.41) is 28.6. The number of nitrogens with zero attached hydrogens (tertiary/aromatic N) is 1. The zero-order chi connectivity index (χ0) is 12.7. The molecule has 1 aromatic heterocycles. The van der Waals surface area contributed by atoms with E-state index in [-0.39, 0.29) is 6.61 Å². The number of aliphatic hydroxyl groups is 3. The molecule has 1 fully saturated rings. The summed E-state index contributed by atoms with van der Waals surface area (Å²) in [6, 6.07) is 7.45. The first-order chi connectivity index (χ1) is 8.70. The third kappa shape index (κ3) is 1.70. The summed E-state index contributed by atoms with van der Waals surface area (Å²) in [5.41, 5.74) is 1.61. The Morgan fingerprint density at radius 2 is 2.00 bits per heavy atom. The number of aromatic amines is 1. The maximum atomic E-state index is 9.89. The Hall–Kier alpha value is -1.47. The minimum absolute atomic E-state index is 0.338. The van der Waals surface area contributed by atoms with Gasteiger partial charge in [-0.15, -0.1) is 0 Å². The van der Waals surface area contributed by atoms with Crippen LogP contribution in [-0.2, 0) is 4.74 Å². The van der Waals surface area contributed by atoms with Gasteiger partial charge in [-0.05, 0) is 12.1 Å². The maximum Gasteiger partial charge on any atom is 0.144 e. The third-order valence-corrected chi connectivity index (χ3v) is 3.22. The van der Waals surface area contributed by atoms with Gasteiger partial charge >= 0.3 is 0 Å². The van der Waals surface area contributed by atoms with Crippen molar-refractivity contribution in [3.63, 3.8) is 0 Å². The van der Waals surface area contributed by atoms with Gasteiger partial charge in [-0.2, -0.15) is 0 Å². The number of hydrogen-bond acceptors (Lipinski definition) is 5. The van der Waals surface area contributed by atoms with Crippen LogP contribution in [0.1, 0.15) is 11.9 Å². The van der Waals surface area contributed by atoms with E-state index in [2.05, 4.69) is 9.97 Å². The molecule has 2 heterocycles. The maximum absolute atomic E-state index is 9.89. The number of H-pyrrole nitrogens is 1. The summed E-state index contributed by atoms with van der Waals surface area (Å²) in [7, 11) is 0. The Morgan fingerprint density at radius 3 is 2.67 bits per heavy atom. The van der Waals surface area contributed by atoms with Crippen LogP contribution in [-0.4, -0.2) is 50.2 Å². The fourth-order valence-corrected chi connectivity index (χ4v) is 2.23. The van der Waals surface area contributed by atoms with E-state index < -0.39 is 24.4 Å². The van der Waals surface area contributed by atoms with Crippen molar-refractivity contribution in [2.45, 2.75) is 24.4 Å². The second kappa shape index (κ2) is 4.33. The molecule has 1 aliphatic heterocycles. The smallest absolute Gasteiger partial charge is 0.144 e. The molecule has 0 spiro atoms. The van der Waals surface area contributed by atoms with Gasteiger partial charge < -0.3 is 25.0 Å². The van der Waals surface area contributed by atoms with Gasteiger partial charge in [-0.25, -0.2) is 4.98 Å². The summed E-state index contributed by atoms with van der Waals surface area (Å²) in [4.78, 5) is 7.36. The highest BCUT2D eigenvalue weighted by molar-refractivity contribution is 5.74. The van der Waals surface area contributed by atoms with Crippen molar-refractivity contribution in [1.29, 1.82) is 0 Å². The second-order valence-corrected chi connectivity index (χ2v) is 4.40. The van der Waals surface area contributed by atoms with Crippen molar-refractivity contribution in [2.75, 3.05) is 6.61 Å². The van der Waals surface area contributed by atoms with E-state index in [1.54, 1.807) is 0 Å². The van der Waals surface area contributed by atoms with Crippen molar-refractivity contribution < 1.29 is 20.1 Å². The summed E-state index contributed by atoms with van der Waals surface area (Å²) < 4.78 is 5.41. The standard InChI is InChI=1S/C12H14N2O4/c15-5-8-9(16)10(17)11(18-8)12-13-6-3-1-2-4-7(6)14-12/h1-4,8-11,15-17H,5H2,(H,13,14)/t8-,9-,10-,11?/m1/s1. The molecule has 1 unspecified atom stereocenters. The molecule has 0 radical (unpaired) electrons. The quantitative estimate of drug-likeness (QED) is 0.587. The summed E-state index contributed by atoms with van der Waals surface area (Å²) in [6.45, 7) is -0.338. The molecule has 1 aromatic carbocycles. The van der Waals surface area contributed by atoms with Crippen LogP contribution in [0.25, 0.3) is 11.0 Å². The van der Waals surface area contributed by atoms with Crippen LogP contribution in [0.15, 0.2) is 24.3 Å². The Bertz CT molecular complexity index is 523. The molecule has 6 heteroatoms. The molecular formula is C12H14N2O4. The molecule has 1 aliphatic rings. The fourth-order valence-electron chi connectivity index (χ4n) is 2.23. The molecule has 2 aromatic rings. The molecular weight excluding hydrogens is 236 g/mol. The Balaban J connectivity index is 1.95. The van der Waals surface area contributed by atoms with Crippen molar-refractivity contribution in [2.24, 2.45) is 0 Å². The lowest BCUT2D eigenvalue weighted by molar-refractivity contribution is -0.0249. The van der Waals surface area contributed by atoms with E-state index in [0.29, 0.717) is 5.82 Å². The van der Waals surface area contributed by atoms with Gasteiger partial charge in [-0.1, -0.05) is 12.1 Å². The lowest BCUT2D eigenvalue weighted by atomic mass is 10.1. The molecule has 96 valence electrons. The first kappa shape index (κ1) is 11.6. The third-order valence-electron chi connectivity index (χ3n) is 3.22. The lowest BCUT2D eigenvalue weighted by Crippen LogP contribution is -2.32. The molecule has 6 nitrogen and oxygen atoms in total. The van der Waals surface area contributed by atoms with Gasteiger partial charge in [0.15, 0.2) is 0 Å².